The highest BCUT2D eigenvalue weighted by atomic mass is 16.1. The molecule has 0 saturated heterocycles. The standard InChI is InChI=1S/C22H33NO2/c1-21-10-9-18-16(17(21)7-8-20(21)25)6-5-15-11-19(24)14(13-23(3)4)12-22(15,18)2/h11,14,16-18H,5-10,12-13H2,1-4H3. The molecule has 4 aliphatic carbocycles. The number of Topliss-reactive ketones (excluding diaryl/α,β-unsaturated/α-hetero) is 1. The zero-order valence-corrected chi connectivity index (χ0v) is 16.3. The van der Waals surface area contributed by atoms with Crippen LogP contribution in [-0.2, 0) is 9.59 Å². The van der Waals surface area contributed by atoms with E-state index in [1.54, 1.807) is 0 Å². The van der Waals surface area contributed by atoms with Gasteiger partial charge >= 0.3 is 0 Å². The number of hydrogen-bond acceptors (Lipinski definition) is 3. The van der Waals surface area contributed by atoms with Crippen molar-refractivity contribution in [1.82, 2.24) is 4.90 Å². The Balaban J connectivity index is 1.65. The average molecular weight is 344 g/mol. The molecule has 4 rings (SSSR count). The Labute approximate surface area is 152 Å². The van der Waals surface area contributed by atoms with Crippen LogP contribution in [0.3, 0.4) is 0 Å². The lowest BCUT2D eigenvalue weighted by Gasteiger charge is -2.57. The smallest absolute Gasteiger partial charge is 0.160 e. The SMILES string of the molecule is CN(C)CC1CC2(C)C(=CC1=O)CCC1C3CCC(=O)C3(C)CCC12. The topological polar surface area (TPSA) is 37.4 Å². The number of allylic oxidation sites excluding steroid dienone is 1. The Hall–Kier alpha value is -0.960. The molecule has 6 atom stereocenters. The van der Waals surface area contributed by atoms with E-state index < -0.39 is 0 Å². The van der Waals surface area contributed by atoms with E-state index in [0.717, 1.165) is 38.6 Å². The fourth-order valence-electron chi connectivity index (χ4n) is 7.11. The minimum atomic E-state index is -0.0493. The van der Waals surface area contributed by atoms with Crippen LogP contribution in [0.1, 0.15) is 58.8 Å². The third-order valence-corrected chi connectivity index (χ3v) is 8.42. The van der Waals surface area contributed by atoms with Crippen LogP contribution in [0, 0.1) is 34.5 Å². The van der Waals surface area contributed by atoms with Crippen molar-refractivity contribution in [2.75, 3.05) is 20.6 Å². The summed E-state index contributed by atoms with van der Waals surface area (Å²) in [6.45, 7) is 5.54. The lowest BCUT2D eigenvalue weighted by molar-refractivity contribution is -0.133. The van der Waals surface area contributed by atoms with Crippen molar-refractivity contribution in [2.45, 2.75) is 58.8 Å². The normalized spacial score (nSPS) is 46.5. The number of ketones is 2. The molecule has 25 heavy (non-hydrogen) atoms. The van der Waals surface area contributed by atoms with Crippen LogP contribution in [0.25, 0.3) is 0 Å². The van der Waals surface area contributed by atoms with E-state index in [0.29, 0.717) is 29.3 Å². The van der Waals surface area contributed by atoms with Crippen LogP contribution in [0.5, 0.6) is 0 Å². The number of rotatable bonds is 2. The molecular formula is C22H33NO2. The van der Waals surface area contributed by atoms with Gasteiger partial charge in [-0.25, -0.2) is 0 Å². The Kier molecular flexibility index (Phi) is 4.03. The van der Waals surface area contributed by atoms with Crippen molar-refractivity contribution in [3.05, 3.63) is 11.6 Å². The van der Waals surface area contributed by atoms with Crippen molar-refractivity contribution in [3.63, 3.8) is 0 Å². The monoisotopic (exact) mass is 343 g/mol. The van der Waals surface area contributed by atoms with Crippen LogP contribution in [-0.4, -0.2) is 37.1 Å². The molecular weight excluding hydrogens is 310 g/mol. The fourth-order valence-corrected chi connectivity index (χ4v) is 7.11. The van der Waals surface area contributed by atoms with E-state index in [4.69, 9.17) is 0 Å². The van der Waals surface area contributed by atoms with E-state index in [9.17, 15) is 9.59 Å². The summed E-state index contributed by atoms with van der Waals surface area (Å²) in [6, 6.07) is 0. The molecule has 0 radical (unpaired) electrons. The molecule has 3 heteroatoms. The van der Waals surface area contributed by atoms with Gasteiger partial charge in [-0.15, -0.1) is 0 Å². The Bertz CT molecular complexity index is 636. The van der Waals surface area contributed by atoms with Gasteiger partial charge in [-0.1, -0.05) is 19.4 Å². The maximum Gasteiger partial charge on any atom is 0.160 e. The third kappa shape index (κ3) is 2.49. The second kappa shape index (κ2) is 5.77. The minimum Gasteiger partial charge on any atom is -0.309 e. The van der Waals surface area contributed by atoms with Gasteiger partial charge in [0.1, 0.15) is 5.78 Å². The summed E-state index contributed by atoms with van der Waals surface area (Å²) in [5, 5.41) is 0. The molecule has 0 bridgehead atoms. The molecule has 0 N–H and O–H groups in total. The number of hydrogen-bond donors (Lipinski definition) is 0. The minimum absolute atomic E-state index is 0.0493. The predicted octanol–water partition coefficient (Wildman–Crippen LogP) is 3.88. The van der Waals surface area contributed by atoms with E-state index >= 15 is 0 Å². The molecule has 3 nitrogen and oxygen atoms in total. The quantitative estimate of drug-likeness (QED) is 0.764. The van der Waals surface area contributed by atoms with Gasteiger partial charge in [0.2, 0.25) is 0 Å². The first-order chi connectivity index (χ1) is 11.8. The first-order valence-electron chi connectivity index (χ1n) is 10.2. The average Bonchev–Trinajstić information content (AvgIpc) is 2.84. The number of carbonyl (C=O) groups is 2. The van der Waals surface area contributed by atoms with Crippen molar-refractivity contribution >= 4 is 11.6 Å². The molecule has 3 fully saturated rings. The fraction of sp³-hybridized carbons (Fsp3) is 0.818. The molecule has 138 valence electrons. The van der Waals surface area contributed by atoms with Crippen molar-refractivity contribution < 1.29 is 9.59 Å². The molecule has 0 amide bonds. The van der Waals surface area contributed by atoms with Gasteiger partial charge < -0.3 is 4.90 Å². The number of nitrogens with zero attached hydrogens (tertiary/aromatic N) is 1. The number of fused-ring (bicyclic) bond motifs is 5. The summed E-state index contributed by atoms with van der Waals surface area (Å²) in [6.07, 6.45) is 9.41. The van der Waals surface area contributed by atoms with Gasteiger partial charge in [0.15, 0.2) is 5.78 Å². The molecule has 0 aliphatic heterocycles. The molecule has 0 aromatic heterocycles. The molecule has 0 aromatic carbocycles. The van der Waals surface area contributed by atoms with E-state index in [1.165, 1.54) is 18.4 Å². The van der Waals surface area contributed by atoms with Crippen LogP contribution in [0.4, 0.5) is 0 Å². The zero-order valence-electron chi connectivity index (χ0n) is 16.3. The summed E-state index contributed by atoms with van der Waals surface area (Å²) in [4.78, 5) is 27.3. The van der Waals surface area contributed by atoms with Gasteiger partial charge in [0.25, 0.3) is 0 Å². The largest absolute Gasteiger partial charge is 0.309 e. The van der Waals surface area contributed by atoms with E-state index in [-0.39, 0.29) is 16.7 Å². The van der Waals surface area contributed by atoms with Crippen LogP contribution < -0.4 is 0 Å². The third-order valence-electron chi connectivity index (χ3n) is 8.42. The Morgan fingerprint density at radius 1 is 1.04 bits per heavy atom. The highest BCUT2D eigenvalue weighted by Gasteiger charge is 2.59. The van der Waals surface area contributed by atoms with Crippen LogP contribution >= 0.6 is 0 Å². The zero-order chi connectivity index (χ0) is 18.0. The summed E-state index contributed by atoms with van der Waals surface area (Å²) in [5.74, 6) is 2.93. The second-order valence-electron chi connectivity index (χ2n) is 9.99. The maximum atomic E-state index is 12.6. The maximum absolute atomic E-state index is 12.6. The van der Waals surface area contributed by atoms with Gasteiger partial charge in [0.05, 0.1) is 0 Å². The van der Waals surface area contributed by atoms with Gasteiger partial charge in [0, 0.05) is 24.3 Å². The summed E-state index contributed by atoms with van der Waals surface area (Å²) in [5.41, 5.74) is 1.54. The summed E-state index contributed by atoms with van der Waals surface area (Å²) in [7, 11) is 4.13. The molecule has 0 spiro atoms. The molecule has 4 aliphatic rings. The Morgan fingerprint density at radius 3 is 2.48 bits per heavy atom. The van der Waals surface area contributed by atoms with Crippen molar-refractivity contribution in [2.24, 2.45) is 34.5 Å². The molecule has 0 aromatic rings. The summed E-state index contributed by atoms with van der Waals surface area (Å²) >= 11 is 0. The lowest BCUT2D eigenvalue weighted by Crippen LogP contribution is -2.52. The van der Waals surface area contributed by atoms with Crippen molar-refractivity contribution in [1.29, 1.82) is 0 Å². The highest BCUT2D eigenvalue weighted by molar-refractivity contribution is 5.94. The second-order valence-corrected chi connectivity index (χ2v) is 9.99. The van der Waals surface area contributed by atoms with E-state index in [2.05, 4.69) is 32.8 Å². The van der Waals surface area contributed by atoms with E-state index in [1.807, 2.05) is 6.08 Å². The van der Waals surface area contributed by atoms with Gasteiger partial charge in [-0.05, 0) is 81.9 Å². The molecule has 0 heterocycles. The number of carbonyl (C=O) groups excluding carboxylic acids is 2. The first-order valence-corrected chi connectivity index (χ1v) is 10.2. The highest BCUT2D eigenvalue weighted by Crippen LogP contribution is 2.64. The molecule has 6 unspecified atom stereocenters. The Morgan fingerprint density at radius 2 is 1.76 bits per heavy atom. The van der Waals surface area contributed by atoms with Crippen LogP contribution in [0.15, 0.2) is 11.6 Å². The predicted molar refractivity (Wildman–Crippen MR) is 99.1 cm³/mol. The lowest BCUT2D eigenvalue weighted by atomic mass is 9.47. The van der Waals surface area contributed by atoms with Gasteiger partial charge in [-0.3, -0.25) is 9.59 Å². The molecule has 3 saturated carbocycles. The summed E-state index contributed by atoms with van der Waals surface area (Å²) < 4.78 is 0. The van der Waals surface area contributed by atoms with Gasteiger partial charge in [-0.2, -0.15) is 0 Å². The van der Waals surface area contributed by atoms with Crippen LogP contribution in [0.2, 0.25) is 0 Å². The van der Waals surface area contributed by atoms with Crippen molar-refractivity contribution in [3.8, 4) is 0 Å². The first kappa shape index (κ1) is 17.5.